The van der Waals surface area contributed by atoms with Gasteiger partial charge in [-0.1, -0.05) is 25.0 Å². The average molecular weight is 525 g/mol. The van der Waals surface area contributed by atoms with E-state index < -0.39 is 0 Å². The summed E-state index contributed by atoms with van der Waals surface area (Å²) in [5.41, 5.74) is 8.70. The minimum absolute atomic E-state index is 0.369. The van der Waals surface area contributed by atoms with Crippen molar-refractivity contribution in [1.82, 2.24) is 30.6 Å². The van der Waals surface area contributed by atoms with E-state index in [1.54, 1.807) is 11.1 Å². The van der Waals surface area contributed by atoms with Crippen molar-refractivity contribution in [2.24, 2.45) is 5.41 Å². The normalized spacial score (nSPS) is 24.1. The van der Waals surface area contributed by atoms with Gasteiger partial charge in [-0.05, 0) is 98.7 Å². The van der Waals surface area contributed by atoms with E-state index in [2.05, 4.69) is 51.1 Å². The molecule has 7 heteroatoms. The second kappa shape index (κ2) is 9.18. The van der Waals surface area contributed by atoms with Crippen LogP contribution in [0.3, 0.4) is 0 Å². The van der Waals surface area contributed by atoms with Crippen LogP contribution < -0.4 is 10.6 Å². The van der Waals surface area contributed by atoms with Crippen molar-refractivity contribution in [3.63, 3.8) is 0 Å². The number of aromatic amines is 2. The molecule has 4 aliphatic rings. The van der Waals surface area contributed by atoms with Crippen LogP contribution in [0.15, 0.2) is 36.7 Å². The number of thiophene rings is 1. The van der Waals surface area contributed by atoms with Gasteiger partial charge in [0.2, 0.25) is 0 Å². The molecule has 1 spiro atoms. The van der Waals surface area contributed by atoms with Crippen molar-refractivity contribution in [3.8, 4) is 32.3 Å². The van der Waals surface area contributed by atoms with E-state index in [0.29, 0.717) is 17.5 Å². The highest BCUT2D eigenvalue weighted by Gasteiger charge is 2.42. The summed E-state index contributed by atoms with van der Waals surface area (Å²) in [6, 6.07) is 10.1. The second-order valence-corrected chi connectivity index (χ2v) is 13.1. The Morgan fingerprint density at radius 3 is 1.97 bits per heavy atom. The van der Waals surface area contributed by atoms with Crippen molar-refractivity contribution < 1.29 is 0 Å². The molecule has 0 unspecified atom stereocenters. The van der Waals surface area contributed by atoms with Crippen molar-refractivity contribution in [1.29, 1.82) is 0 Å². The highest BCUT2D eigenvalue weighted by atomic mass is 32.1. The lowest BCUT2D eigenvalue weighted by atomic mass is 9.83. The van der Waals surface area contributed by atoms with Crippen molar-refractivity contribution in [3.05, 3.63) is 59.4 Å². The summed E-state index contributed by atoms with van der Waals surface area (Å²) >= 11 is 1.89. The predicted octanol–water partition coefficient (Wildman–Crippen LogP) is 6.70. The van der Waals surface area contributed by atoms with Crippen LogP contribution in [0.1, 0.15) is 86.2 Å². The molecule has 0 bridgehead atoms. The standard InChI is InChI=1S/C31H36N6S/c1-2-12-31(11-1)15-21-19(25-17-34-29(36-25)23-5-3-13-32-23)7-8-20(22(21)16-31)27-9-10-28(38-27)26-18-35-30(37-26)24-6-4-14-33-24/h7-10,17-18,23-24,32-33H,1-6,11-16H2,(H,34,36)(H,35,37)/t23-,24-/m0/s1. The van der Waals surface area contributed by atoms with Gasteiger partial charge >= 0.3 is 0 Å². The Kier molecular flexibility index (Phi) is 5.60. The van der Waals surface area contributed by atoms with Crippen LogP contribution in [0.4, 0.5) is 0 Å². The molecule has 1 saturated carbocycles. The van der Waals surface area contributed by atoms with E-state index in [0.717, 1.165) is 36.9 Å². The first kappa shape index (κ1) is 23.2. The SMILES string of the molecule is c1nc([C@@H]2CCCN2)[nH]c1-c1ccc(-c2ccc(-c3cnc([C@@H]4CCCN4)[nH]3)c3c2CC2(CCCC2)C3)s1. The van der Waals surface area contributed by atoms with Gasteiger partial charge in [0.1, 0.15) is 11.6 Å². The van der Waals surface area contributed by atoms with E-state index in [-0.39, 0.29) is 0 Å². The molecule has 1 aromatic carbocycles. The summed E-state index contributed by atoms with van der Waals surface area (Å²) in [6.07, 6.45) is 16.8. The fourth-order valence-corrected chi connectivity index (χ4v) is 8.65. The van der Waals surface area contributed by atoms with Gasteiger partial charge in [0.05, 0.1) is 40.7 Å². The monoisotopic (exact) mass is 524 g/mol. The lowest BCUT2D eigenvalue weighted by Crippen LogP contribution is -2.15. The molecule has 8 rings (SSSR count). The van der Waals surface area contributed by atoms with Crippen LogP contribution in [0.5, 0.6) is 0 Å². The quantitative estimate of drug-likeness (QED) is 0.234. The molecule has 38 heavy (non-hydrogen) atoms. The minimum atomic E-state index is 0.369. The summed E-state index contributed by atoms with van der Waals surface area (Å²) < 4.78 is 0. The third-order valence-electron chi connectivity index (χ3n) is 9.60. The van der Waals surface area contributed by atoms with Crippen LogP contribution in [0.2, 0.25) is 0 Å². The molecule has 4 N–H and O–H groups in total. The number of hydrogen-bond donors (Lipinski definition) is 4. The van der Waals surface area contributed by atoms with E-state index >= 15 is 0 Å². The molecule has 6 nitrogen and oxygen atoms in total. The molecule has 5 heterocycles. The lowest BCUT2D eigenvalue weighted by Gasteiger charge is -2.21. The molecule has 3 fully saturated rings. The highest BCUT2D eigenvalue weighted by molar-refractivity contribution is 7.18. The van der Waals surface area contributed by atoms with Crippen molar-refractivity contribution in [2.75, 3.05) is 13.1 Å². The van der Waals surface area contributed by atoms with Gasteiger partial charge < -0.3 is 20.6 Å². The zero-order chi connectivity index (χ0) is 25.1. The highest BCUT2D eigenvalue weighted by Crippen LogP contribution is 2.53. The van der Waals surface area contributed by atoms with Crippen LogP contribution in [-0.4, -0.2) is 33.0 Å². The van der Waals surface area contributed by atoms with E-state index in [4.69, 9.17) is 9.97 Å². The molecule has 4 aromatic rings. The average Bonchev–Trinajstić information content (AvgIpc) is 3.79. The van der Waals surface area contributed by atoms with Gasteiger partial charge in [0.25, 0.3) is 0 Å². The minimum Gasteiger partial charge on any atom is -0.341 e. The van der Waals surface area contributed by atoms with Crippen LogP contribution >= 0.6 is 11.3 Å². The Balaban J connectivity index is 1.15. The van der Waals surface area contributed by atoms with Crippen LogP contribution in [0, 0.1) is 5.41 Å². The Hall–Kier alpha value is -2.74. The molecule has 2 saturated heterocycles. The smallest absolute Gasteiger partial charge is 0.123 e. The maximum atomic E-state index is 4.81. The number of fused-ring (bicyclic) bond motifs is 1. The molecule has 0 radical (unpaired) electrons. The Labute approximate surface area is 228 Å². The number of hydrogen-bond acceptors (Lipinski definition) is 5. The molecule has 2 aliphatic heterocycles. The summed E-state index contributed by atoms with van der Waals surface area (Å²) in [5.74, 6) is 2.17. The van der Waals surface area contributed by atoms with Gasteiger partial charge in [-0.3, -0.25) is 0 Å². The number of imidazole rings is 2. The fourth-order valence-electron chi connectivity index (χ4n) is 7.62. The van der Waals surface area contributed by atoms with E-state index in [1.807, 2.05) is 17.5 Å². The third kappa shape index (κ3) is 3.90. The van der Waals surface area contributed by atoms with Gasteiger partial charge in [0, 0.05) is 10.4 Å². The second-order valence-electron chi connectivity index (χ2n) is 12.0. The Morgan fingerprint density at radius 1 is 0.684 bits per heavy atom. The molecular formula is C31H36N6S. The number of nitrogens with one attached hydrogen (secondary N) is 4. The van der Waals surface area contributed by atoms with E-state index in [1.165, 1.54) is 84.4 Å². The van der Waals surface area contributed by atoms with Gasteiger partial charge in [0.15, 0.2) is 0 Å². The summed E-state index contributed by atoms with van der Waals surface area (Å²) in [7, 11) is 0. The first-order valence-corrected chi connectivity index (χ1v) is 15.4. The van der Waals surface area contributed by atoms with Crippen molar-refractivity contribution >= 4 is 11.3 Å². The third-order valence-corrected chi connectivity index (χ3v) is 10.7. The molecular weight excluding hydrogens is 488 g/mol. The Morgan fingerprint density at radius 2 is 1.29 bits per heavy atom. The number of H-pyrrole nitrogens is 2. The summed E-state index contributed by atoms with van der Waals surface area (Å²) in [4.78, 5) is 19.5. The van der Waals surface area contributed by atoms with Gasteiger partial charge in [-0.2, -0.15) is 0 Å². The topological polar surface area (TPSA) is 81.4 Å². The van der Waals surface area contributed by atoms with E-state index in [9.17, 15) is 0 Å². The maximum absolute atomic E-state index is 4.81. The van der Waals surface area contributed by atoms with Gasteiger partial charge in [-0.15, -0.1) is 11.3 Å². The number of aromatic nitrogens is 4. The fraction of sp³-hybridized carbons (Fsp3) is 0.484. The predicted molar refractivity (Wildman–Crippen MR) is 153 cm³/mol. The molecule has 196 valence electrons. The number of rotatable bonds is 5. The molecule has 0 amide bonds. The zero-order valence-electron chi connectivity index (χ0n) is 21.9. The lowest BCUT2D eigenvalue weighted by molar-refractivity contribution is 0.318. The first-order chi connectivity index (χ1) is 18.7. The molecule has 2 atom stereocenters. The summed E-state index contributed by atoms with van der Waals surface area (Å²) in [6.45, 7) is 2.18. The van der Waals surface area contributed by atoms with Gasteiger partial charge in [-0.25, -0.2) is 9.97 Å². The molecule has 3 aromatic heterocycles. The van der Waals surface area contributed by atoms with Crippen LogP contribution in [-0.2, 0) is 12.8 Å². The molecule has 2 aliphatic carbocycles. The summed E-state index contributed by atoms with van der Waals surface area (Å²) in [5, 5.41) is 7.15. The number of benzene rings is 1. The maximum Gasteiger partial charge on any atom is 0.123 e. The zero-order valence-corrected chi connectivity index (χ0v) is 22.7. The largest absolute Gasteiger partial charge is 0.341 e. The number of nitrogens with zero attached hydrogens (tertiary/aromatic N) is 2. The van der Waals surface area contributed by atoms with Crippen LogP contribution in [0.25, 0.3) is 32.3 Å². The Bertz CT molecular complexity index is 1460. The van der Waals surface area contributed by atoms with Crippen molar-refractivity contribution in [2.45, 2.75) is 76.3 Å². The first-order valence-electron chi connectivity index (χ1n) is 14.6.